The van der Waals surface area contributed by atoms with Crippen LogP contribution in [0.25, 0.3) is 3.58 Å². The summed E-state index contributed by atoms with van der Waals surface area (Å²) in [6.07, 6.45) is 3.32. The summed E-state index contributed by atoms with van der Waals surface area (Å²) < 4.78 is 7.36. The summed E-state index contributed by atoms with van der Waals surface area (Å²) in [5, 5.41) is 0. The molecule has 1 aliphatic heterocycles. The van der Waals surface area contributed by atoms with Crippen LogP contribution in [0.15, 0.2) is 82.6 Å². The van der Waals surface area contributed by atoms with Crippen LogP contribution in [0.3, 0.4) is 0 Å². The van der Waals surface area contributed by atoms with Crippen molar-refractivity contribution in [3.63, 3.8) is 0 Å². The number of halogens is 1. The first-order chi connectivity index (χ1) is 11.3. The summed E-state index contributed by atoms with van der Waals surface area (Å²) in [5.74, 6) is 1.78. The predicted octanol–water partition coefficient (Wildman–Crippen LogP) is 6.03. The summed E-state index contributed by atoms with van der Waals surface area (Å²) >= 11 is 2.39. The van der Waals surface area contributed by atoms with E-state index in [0.717, 1.165) is 33.8 Å². The van der Waals surface area contributed by atoms with Gasteiger partial charge in [-0.05, 0) is 59.5 Å². The van der Waals surface area contributed by atoms with E-state index in [9.17, 15) is 0 Å². The Kier molecular flexibility index (Phi) is 4.04. The van der Waals surface area contributed by atoms with Crippen molar-refractivity contribution in [3.05, 3.63) is 83.1 Å². The first-order valence-electron chi connectivity index (χ1n) is 7.82. The minimum absolute atomic E-state index is 0.781. The summed E-state index contributed by atoms with van der Waals surface area (Å²) in [6, 6.07) is 20.4. The van der Waals surface area contributed by atoms with Crippen molar-refractivity contribution in [2.75, 3.05) is 0 Å². The molecular weight excluding hydrogens is 397 g/mol. The highest BCUT2D eigenvalue weighted by Gasteiger charge is 2.33. The Morgan fingerprint density at radius 1 is 0.870 bits per heavy atom. The molecule has 0 aromatic heterocycles. The number of para-hydroxylation sites is 1. The Hall–Kier alpha value is -1.88. The SMILES string of the molecule is I/C(=C1/OC(=Nc2ccccc2)C2=C1CCC2)c1ccccc1. The van der Waals surface area contributed by atoms with E-state index in [0.29, 0.717) is 0 Å². The largest absolute Gasteiger partial charge is 0.437 e. The lowest BCUT2D eigenvalue weighted by molar-refractivity contribution is 0.441. The highest BCUT2D eigenvalue weighted by atomic mass is 127. The lowest BCUT2D eigenvalue weighted by Crippen LogP contribution is -2.00. The zero-order valence-electron chi connectivity index (χ0n) is 12.6. The third-order valence-corrected chi connectivity index (χ3v) is 5.27. The van der Waals surface area contributed by atoms with Crippen molar-refractivity contribution >= 4 is 37.8 Å². The molecule has 0 N–H and O–H groups in total. The molecule has 2 nitrogen and oxygen atoms in total. The van der Waals surface area contributed by atoms with Crippen LogP contribution < -0.4 is 0 Å². The van der Waals surface area contributed by atoms with Gasteiger partial charge in [-0.3, -0.25) is 0 Å². The van der Waals surface area contributed by atoms with Crippen molar-refractivity contribution < 1.29 is 4.74 Å². The van der Waals surface area contributed by atoms with E-state index >= 15 is 0 Å². The van der Waals surface area contributed by atoms with Crippen LogP contribution in [0.5, 0.6) is 0 Å². The van der Waals surface area contributed by atoms with Gasteiger partial charge in [0.2, 0.25) is 5.90 Å². The first-order valence-corrected chi connectivity index (χ1v) is 8.90. The maximum atomic E-state index is 6.20. The smallest absolute Gasteiger partial charge is 0.223 e. The second-order valence-corrected chi connectivity index (χ2v) is 6.75. The minimum atomic E-state index is 0.781. The topological polar surface area (TPSA) is 21.6 Å². The van der Waals surface area contributed by atoms with E-state index in [1.165, 1.54) is 23.1 Å². The molecule has 3 heteroatoms. The second kappa shape index (κ2) is 6.32. The molecule has 0 saturated heterocycles. The molecule has 0 unspecified atom stereocenters. The van der Waals surface area contributed by atoms with E-state index in [1.807, 2.05) is 36.4 Å². The van der Waals surface area contributed by atoms with Gasteiger partial charge < -0.3 is 4.74 Å². The van der Waals surface area contributed by atoms with E-state index in [1.54, 1.807) is 0 Å². The van der Waals surface area contributed by atoms with Gasteiger partial charge in [0.05, 0.1) is 9.27 Å². The van der Waals surface area contributed by atoms with Gasteiger partial charge in [0, 0.05) is 11.1 Å². The number of ether oxygens (including phenoxy) is 1. The summed E-state index contributed by atoms with van der Waals surface area (Å²) in [4.78, 5) is 4.73. The molecule has 0 amide bonds. The fraction of sp³-hybridized carbons (Fsp3) is 0.150. The van der Waals surface area contributed by atoms with E-state index in [-0.39, 0.29) is 0 Å². The number of rotatable bonds is 2. The highest BCUT2D eigenvalue weighted by Crippen LogP contribution is 2.44. The zero-order chi connectivity index (χ0) is 15.6. The van der Waals surface area contributed by atoms with Crippen LogP contribution >= 0.6 is 22.6 Å². The molecule has 0 saturated carbocycles. The van der Waals surface area contributed by atoms with Crippen LogP contribution in [0.4, 0.5) is 5.69 Å². The van der Waals surface area contributed by atoms with E-state index in [4.69, 9.17) is 9.73 Å². The van der Waals surface area contributed by atoms with Gasteiger partial charge in [0.1, 0.15) is 5.76 Å². The standard InChI is InChI=1S/C20H16INO/c21-18(14-8-3-1-4-9-14)19-16-12-7-13-17(16)20(23-19)22-15-10-5-2-6-11-15/h1-6,8-11H,7,12-13H2/b19-18+,22-20?. The molecule has 1 heterocycles. The lowest BCUT2D eigenvalue weighted by atomic mass is 10.1. The third kappa shape index (κ3) is 2.85. The van der Waals surface area contributed by atoms with Gasteiger partial charge in [0.15, 0.2) is 0 Å². The predicted molar refractivity (Wildman–Crippen MR) is 103 cm³/mol. The van der Waals surface area contributed by atoms with Crippen molar-refractivity contribution in [1.29, 1.82) is 0 Å². The van der Waals surface area contributed by atoms with Crippen LogP contribution in [0.2, 0.25) is 0 Å². The molecule has 2 aromatic rings. The maximum absolute atomic E-state index is 6.20. The van der Waals surface area contributed by atoms with Gasteiger partial charge in [-0.2, -0.15) is 0 Å². The molecular formula is C20H16INO. The summed E-state index contributed by atoms with van der Waals surface area (Å²) in [5.41, 5.74) is 4.77. The number of benzene rings is 2. The molecule has 114 valence electrons. The van der Waals surface area contributed by atoms with Crippen LogP contribution in [0.1, 0.15) is 24.8 Å². The monoisotopic (exact) mass is 413 g/mol. The summed E-state index contributed by atoms with van der Waals surface area (Å²) in [6.45, 7) is 0. The van der Waals surface area contributed by atoms with Crippen molar-refractivity contribution in [3.8, 4) is 0 Å². The van der Waals surface area contributed by atoms with Gasteiger partial charge in [-0.15, -0.1) is 0 Å². The van der Waals surface area contributed by atoms with Gasteiger partial charge in [-0.1, -0.05) is 48.5 Å². The summed E-state index contributed by atoms with van der Waals surface area (Å²) in [7, 11) is 0. The molecule has 4 rings (SSSR count). The third-order valence-electron chi connectivity index (χ3n) is 4.16. The van der Waals surface area contributed by atoms with Crippen LogP contribution in [-0.2, 0) is 4.74 Å². The van der Waals surface area contributed by atoms with Gasteiger partial charge in [0.25, 0.3) is 0 Å². The Bertz CT molecular complexity index is 819. The molecule has 0 fully saturated rings. The molecule has 2 aromatic carbocycles. The highest BCUT2D eigenvalue weighted by molar-refractivity contribution is 14.1. The number of nitrogens with zero attached hydrogens (tertiary/aromatic N) is 1. The average molecular weight is 413 g/mol. The Morgan fingerprint density at radius 2 is 1.52 bits per heavy atom. The Labute approximate surface area is 149 Å². The van der Waals surface area contributed by atoms with Gasteiger partial charge >= 0.3 is 0 Å². The molecule has 0 bridgehead atoms. The molecule has 0 radical (unpaired) electrons. The molecule has 1 aliphatic carbocycles. The maximum Gasteiger partial charge on any atom is 0.223 e. The number of allylic oxidation sites excluding steroid dienone is 1. The molecule has 0 atom stereocenters. The van der Waals surface area contributed by atoms with Crippen molar-refractivity contribution in [2.24, 2.45) is 4.99 Å². The van der Waals surface area contributed by atoms with Gasteiger partial charge in [-0.25, -0.2) is 4.99 Å². The minimum Gasteiger partial charge on any atom is -0.437 e. The van der Waals surface area contributed by atoms with E-state index < -0.39 is 0 Å². The Morgan fingerprint density at radius 3 is 2.26 bits per heavy atom. The lowest BCUT2D eigenvalue weighted by Gasteiger charge is -2.09. The first kappa shape index (κ1) is 14.7. The second-order valence-electron chi connectivity index (χ2n) is 5.67. The average Bonchev–Trinajstić information content (AvgIpc) is 3.20. The van der Waals surface area contributed by atoms with Crippen LogP contribution in [-0.4, -0.2) is 5.90 Å². The Balaban J connectivity index is 1.77. The molecule has 23 heavy (non-hydrogen) atoms. The van der Waals surface area contributed by atoms with E-state index in [2.05, 4.69) is 46.9 Å². The number of hydrogen-bond donors (Lipinski definition) is 0. The van der Waals surface area contributed by atoms with Crippen LogP contribution in [0, 0.1) is 0 Å². The quantitative estimate of drug-likeness (QED) is 0.551. The molecule has 2 aliphatic rings. The molecule has 0 spiro atoms. The van der Waals surface area contributed by atoms with Crippen molar-refractivity contribution in [1.82, 2.24) is 0 Å². The zero-order valence-corrected chi connectivity index (χ0v) is 14.8. The van der Waals surface area contributed by atoms with Crippen molar-refractivity contribution in [2.45, 2.75) is 19.3 Å². The fourth-order valence-corrected chi connectivity index (χ4v) is 3.85. The number of hydrogen-bond acceptors (Lipinski definition) is 2. The normalized spacial score (nSPS) is 20.7. The number of aliphatic imine (C=N–C) groups is 1. The fourth-order valence-electron chi connectivity index (χ4n) is 3.05.